The molecule has 3 atom stereocenters. The van der Waals surface area contributed by atoms with Crippen LogP contribution in [0, 0.1) is 11.8 Å². The van der Waals surface area contributed by atoms with E-state index in [1.54, 1.807) is 0 Å². The second-order valence-corrected chi connectivity index (χ2v) is 6.48. The van der Waals surface area contributed by atoms with E-state index in [0.717, 1.165) is 24.4 Å². The Morgan fingerprint density at radius 1 is 1.24 bits per heavy atom. The summed E-state index contributed by atoms with van der Waals surface area (Å²) in [6, 6.07) is 8.79. The maximum Gasteiger partial charge on any atom is 0.110 e. The van der Waals surface area contributed by atoms with E-state index in [0.29, 0.717) is 12.0 Å². The Bertz CT molecular complexity index is 602. The molecule has 1 fully saturated rings. The Labute approximate surface area is 127 Å². The molecule has 114 valence electrons. The Morgan fingerprint density at radius 2 is 2.05 bits per heavy atom. The van der Waals surface area contributed by atoms with Gasteiger partial charge in [-0.05, 0) is 50.2 Å². The predicted octanol–water partition coefficient (Wildman–Crippen LogP) is 3.75. The number of nitrogens with two attached hydrogens (primary N) is 1. The van der Waals surface area contributed by atoms with Crippen molar-refractivity contribution >= 4 is 11.0 Å². The van der Waals surface area contributed by atoms with Gasteiger partial charge >= 0.3 is 0 Å². The number of aromatic nitrogens is 2. The summed E-state index contributed by atoms with van der Waals surface area (Å²) in [6.45, 7) is 5.49. The summed E-state index contributed by atoms with van der Waals surface area (Å²) in [5, 5.41) is 0. The van der Waals surface area contributed by atoms with Crippen LogP contribution in [0.3, 0.4) is 0 Å². The van der Waals surface area contributed by atoms with Gasteiger partial charge in [-0.25, -0.2) is 4.98 Å². The molecule has 2 N–H and O–H groups in total. The van der Waals surface area contributed by atoms with Crippen molar-refractivity contribution in [3.63, 3.8) is 0 Å². The van der Waals surface area contributed by atoms with Crippen molar-refractivity contribution in [3.05, 3.63) is 30.1 Å². The molecule has 0 saturated heterocycles. The fraction of sp³-hybridized carbons (Fsp3) is 0.611. The van der Waals surface area contributed by atoms with Crippen LogP contribution >= 0.6 is 0 Å². The van der Waals surface area contributed by atoms with E-state index in [-0.39, 0.29) is 0 Å². The lowest BCUT2D eigenvalue weighted by Crippen LogP contribution is -2.37. The Morgan fingerprint density at radius 3 is 2.81 bits per heavy atom. The van der Waals surface area contributed by atoms with Crippen molar-refractivity contribution < 1.29 is 0 Å². The molecule has 0 spiro atoms. The quantitative estimate of drug-likeness (QED) is 0.929. The molecule has 3 rings (SSSR count). The molecular weight excluding hydrogens is 258 g/mol. The average molecular weight is 285 g/mol. The number of imidazole rings is 1. The minimum Gasteiger partial charge on any atom is -0.328 e. The molecule has 3 nitrogen and oxygen atoms in total. The van der Waals surface area contributed by atoms with Gasteiger partial charge in [-0.3, -0.25) is 0 Å². The summed E-state index contributed by atoms with van der Waals surface area (Å²) in [6.07, 6.45) is 6.06. The van der Waals surface area contributed by atoms with Crippen molar-refractivity contribution in [2.24, 2.45) is 17.6 Å². The van der Waals surface area contributed by atoms with E-state index in [4.69, 9.17) is 10.7 Å². The fourth-order valence-electron chi connectivity index (χ4n) is 3.86. The lowest BCUT2D eigenvalue weighted by atomic mass is 9.76. The van der Waals surface area contributed by atoms with Crippen LogP contribution in [0.5, 0.6) is 0 Å². The highest BCUT2D eigenvalue weighted by Crippen LogP contribution is 2.32. The molecule has 2 aromatic rings. The molecule has 1 aromatic carbocycles. The smallest absolute Gasteiger partial charge is 0.110 e. The number of benzene rings is 1. The van der Waals surface area contributed by atoms with Gasteiger partial charge in [-0.2, -0.15) is 0 Å². The SMILES string of the molecule is CCC1CCC(N)C(Cc2nc3ccccc3n2CC)C1. The molecule has 0 aliphatic heterocycles. The van der Waals surface area contributed by atoms with Crippen LogP contribution in [0.2, 0.25) is 0 Å². The van der Waals surface area contributed by atoms with Crippen molar-refractivity contribution in [1.82, 2.24) is 9.55 Å². The minimum absolute atomic E-state index is 0.345. The summed E-state index contributed by atoms with van der Waals surface area (Å²) in [7, 11) is 0. The van der Waals surface area contributed by atoms with E-state index in [1.165, 1.54) is 37.0 Å². The predicted molar refractivity (Wildman–Crippen MR) is 88.2 cm³/mol. The number of hydrogen-bond donors (Lipinski definition) is 1. The van der Waals surface area contributed by atoms with Crippen LogP contribution in [-0.4, -0.2) is 15.6 Å². The summed E-state index contributed by atoms with van der Waals surface area (Å²) < 4.78 is 2.36. The Balaban J connectivity index is 1.86. The highest BCUT2D eigenvalue weighted by molar-refractivity contribution is 5.75. The zero-order valence-corrected chi connectivity index (χ0v) is 13.3. The van der Waals surface area contributed by atoms with Crippen LogP contribution in [0.4, 0.5) is 0 Å². The lowest BCUT2D eigenvalue weighted by Gasteiger charge is -2.33. The van der Waals surface area contributed by atoms with Crippen LogP contribution in [0.25, 0.3) is 11.0 Å². The summed E-state index contributed by atoms with van der Waals surface area (Å²) >= 11 is 0. The first-order valence-electron chi connectivity index (χ1n) is 8.42. The van der Waals surface area contributed by atoms with E-state index in [2.05, 4.69) is 42.7 Å². The highest BCUT2D eigenvalue weighted by atomic mass is 15.1. The Kier molecular flexibility index (Phi) is 4.29. The standard InChI is InChI=1S/C18H27N3/c1-3-13-9-10-15(19)14(11-13)12-18-20-16-7-5-6-8-17(16)21(18)4-2/h5-8,13-15H,3-4,9-12,19H2,1-2H3. The van der Waals surface area contributed by atoms with Gasteiger partial charge in [0.15, 0.2) is 0 Å². The van der Waals surface area contributed by atoms with E-state index in [9.17, 15) is 0 Å². The van der Waals surface area contributed by atoms with Gasteiger partial charge < -0.3 is 10.3 Å². The van der Waals surface area contributed by atoms with Gasteiger partial charge in [0.1, 0.15) is 5.82 Å². The number of hydrogen-bond acceptors (Lipinski definition) is 2. The largest absolute Gasteiger partial charge is 0.328 e. The normalized spacial score (nSPS) is 26.3. The molecule has 1 heterocycles. The third-order valence-electron chi connectivity index (χ3n) is 5.22. The van der Waals surface area contributed by atoms with E-state index < -0.39 is 0 Å². The van der Waals surface area contributed by atoms with Crippen molar-refractivity contribution in [2.75, 3.05) is 0 Å². The molecule has 21 heavy (non-hydrogen) atoms. The summed E-state index contributed by atoms with van der Waals surface area (Å²) in [5.41, 5.74) is 8.76. The first-order chi connectivity index (χ1) is 10.2. The molecule has 1 aromatic heterocycles. The molecular formula is C18H27N3. The summed E-state index contributed by atoms with van der Waals surface area (Å²) in [5.74, 6) is 2.66. The van der Waals surface area contributed by atoms with Crippen molar-refractivity contribution in [2.45, 2.75) is 58.5 Å². The molecule has 3 unspecified atom stereocenters. The fourth-order valence-corrected chi connectivity index (χ4v) is 3.86. The molecule has 1 aliphatic carbocycles. The number of aryl methyl sites for hydroxylation is 1. The van der Waals surface area contributed by atoms with Crippen LogP contribution in [-0.2, 0) is 13.0 Å². The third kappa shape index (κ3) is 2.84. The zero-order chi connectivity index (χ0) is 14.8. The molecule has 3 heteroatoms. The van der Waals surface area contributed by atoms with Gasteiger partial charge in [0.05, 0.1) is 11.0 Å². The van der Waals surface area contributed by atoms with Gasteiger partial charge in [0, 0.05) is 19.0 Å². The van der Waals surface area contributed by atoms with Gasteiger partial charge in [0.2, 0.25) is 0 Å². The average Bonchev–Trinajstić information content (AvgIpc) is 2.86. The number of fused-ring (bicyclic) bond motifs is 1. The Hall–Kier alpha value is -1.35. The first kappa shape index (κ1) is 14.6. The lowest BCUT2D eigenvalue weighted by molar-refractivity contribution is 0.223. The van der Waals surface area contributed by atoms with E-state index >= 15 is 0 Å². The van der Waals surface area contributed by atoms with Crippen LogP contribution in [0.15, 0.2) is 24.3 Å². The maximum absolute atomic E-state index is 6.39. The molecule has 0 bridgehead atoms. The number of para-hydroxylation sites is 2. The number of nitrogens with zero attached hydrogens (tertiary/aromatic N) is 2. The minimum atomic E-state index is 0.345. The number of rotatable bonds is 4. The zero-order valence-electron chi connectivity index (χ0n) is 13.3. The van der Waals surface area contributed by atoms with Crippen LogP contribution in [0.1, 0.15) is 45.4 Å². The highest BCUT2D eigenvalue weighted by Gasteiger charge is 2.28. The van der Waals surface area contributed by atoms with Crippen molar-refractivity contribution in [3.8, 4) is 0 Å². The third-order valence-corrected chi connectivity index (χ3v) is 5.22. The van der Waals surface area contributed by atoms with Gasteiger partial charge in [-0.1, -0.05) is 25.5 Å². The topological polar surface area (TPSA) is 43.8 Å². The van der Waals surface area contributed by atoms with E-state index in [1.807, 2.05) is 0 Å². The second-order valence-electron chi connectivity index (χ2n) is 6.48. The van der Waals surface area contributed by atoms with Crippen LogP contribution < -0.4 is 5.73 Å². The second kappa shape index (κ2) is 6.18. The summed E-state index contributed by atoms with van der Waals surface area (Å²) in [4.78, 5) is 4.87. The monoisotopic (exact) mass is 285 g/mol. The molecule has 0 amide bonds. The van der Waals surface area contributed by atoms with Gasteiger partial charge in [0.25, 0.3) is 0 Å². The molecule has 1 aliphatic rings. The molecule has 0 radical (unpaired) electrons. The first-order valence-corrected chi connectivity index (χ1v) is 8.42. The maximum atomic E-state index is 6.39. The van der Waals surface area contributed by atoms with Gasteiger partial charge in [-0.15, -0.1) is 0 Å². The van der Waals surface area contributed by atoms with Crippen molar-refractivity contribution in [1.29, 1.82) is 0 Å². The molecule has 1 saturated carbocycles.